The summed E-state index contributed by atoms with van der Waals surface area (Å²) < 4.78 is 59.8. The third-order valence-electron chi connectivity index (χ3n) is 5.34. The zero-order chi connectivity index (χ0) is 24.5. The Bertz CT molecular complexity index is 1320. The van der Waals surface area contributed by atoms with Crippen molar-refractivity contribution in [1.29, 1.82) is 0 Å². The summed E-state index contributed by atoms with van der Waals surface area (Å²) >= 11 is 1.48. The number of sulfonamides is 1. The van der Waals surface area contributed by atoms with Gasteiger partial charge in [-0.1, -0.05) is 41.7 Å². The number of hydrogen-bond donors (Lipinski definition) is 3. The number of rotatable bonds is 5. The fraction of sp³-hybridized carbons (Fsp3) is 0.286. The fourth-order valence-corrected chi connectivity index (χ4v) is 5.51. The van der Waals surface area contributed by atoms with E-state index in [9.17, 15) is 21.6 Å². The van der Waals surface area contributed by atoms with Crippen molar-refractivity contribution in [3.05, 3.63) is 63.6 Å². The number of halogens is 3. The number of hydrogen-bond acceptors (Lipinski definition) is 7. The highest BCUT2D eigenvalue weighted by molar-refractivity contribution is 7.89. The lowest BCUT2D eigenvalue weighted by Crippen LogP contribution is -2.39. The van der Waals surface area contributed by atoms with Crippen LogP contribution in [0.3, 0.4) is 0 Å². The third kappa shape index (κ3) is 5.27. The Kier molecular flexibility index (Phi) is 6.71. The van der Waals surface area contributed by atoms with Crippen LogP contribution in [0, 0.1) is 0 Å². The number of carboxylic acid groups (broad SMARTS) is 1. The van der Waals surface area contributed by atoms with E-state index in [1.54, 1.807) is 12.1 Å². The fourth-order valence-electron chi connectivity index (χ4n) is 3.50. The Labute approximate surface area is 196 Å². The summed E-state index contributed by atoms with van der Waals surface area (Å²) in [6, 6.07) is 13.6. The maximum atomic E-state index is 12.7. The number of benzene rings is 2. The smallest absolute Gasteiger partial charge is 0.475 e. The lowest BCUT2D eigenvalue weighted by atomic mass is 10.1. The van der Waals surface area contributed by atoms with Crippen LogP contribution < -0.4 is 10.0 Å². The molecule has 1 aliphatic carbocycles. The van der Waals surface area contributed by atoms with E-state index in [2.05, 4.69) is 32.4 Å². The van der Waals surface area contributed by atoms with Crippen LogP contribution in [-0.4, -0.2) is 49.0 Å². The summed E-state index contributed by atoms with van der Waals surface area (Å²) in [4.78, 5) is 9.19. The van der Waals surface area contributed by atoms with Crippen molar-refractivity contribution in [2.45, 2.75) is 30.0 Å². The van der Waals surface area contributed by atoms with Gasteiger partial charge < -0.3 is 10.4 Å². The van der Waals surface area contributed by atoms with Gasteiger partial charge in [-0.05, 0) is 40.8 Å². The van der Waals surface area contributed by atoms with Gasteiger partial charge in [0.15, 0.2) is 0 Å². The highest BCUT2D eigenvalue weighted by Crippen LogP contribution is 2.37. The van der Waals surface area contributed by atoms with Crippen LogP contribution in [0.5, 0.6) is 0 Å². The molecule has 1 fully saturated rings. The summed E-state index contributed by atoms with van der Waals surface area (Å²) in [5.74, 6) is -2.35. The van der Waals surface area contributed by atoms with Crippen molar-refractivity contribution in [1.82, 2.24) is 20.2 Å². The van der Waals surface area contributed by atoms with E-state index < -0.39 is 22.2 Å². The van der Waals surface area contributed by atoms with Gasteiger partial charge >= 0.3 is 12.1 Å². The van der Waals surface area contributed by atoms with Crippen LogP contribution in [0.1, 0.15) is 27.1 Å². The Morgan fingerprint density at radius 3 is 2.44 bits per heavy atom. The molecule has 2 aliphatic rings. The number of alkyl halides is 3. The largest absolute Gasteiger partial charge is 0.490 e. The van der Waals surface area contributed by atoms with Gasteiger partial charge in [0.1, 0.15) is 10.0 Å². The van der Waals surface area contributed by atoms with Crippen molar-refractivity contribution in [3.63, 3.8) is 0 Å². The van der Waals surface area contributed by atoms with Crippen LogP contribution in [0.2, 0.25) is 0 Å². The molecule has 0 unspecified atom stereocenters. The minimum Gasteiger partial charge on any atom is -0.475 e. The van der Waals surface area contributed by atoms with E-state index in [-0.39, 0.29) is 6.54 Å². The van der Waals surface area contributed by atoms with Gasteiger partial charge in [0.2, 0.25) is 10.0 Å². The van der Waals surface area contributed by atoms with Crippen molar-refractivity contribution in [2.75, 3.05) is 13.1 Å². The molecule has 180 valence electrons. The van der Waals surface area contributed by atoms with E-state index >= 15 is 0 Å². The van der Waals surface area contributed by atoms with Crippen LogP contribution in [0.15, 0.2) is 47.4 Å². The van der Waals surface area contributed by atoms with Crippen LogP contribution in [0.25, 0.3) is 11.1 Å². The first kappa shape index (κ1) is 24.3. The zero-order valence-electron chi connectivity index (χ0n) is 17.5. The second-order valence-corrected chi connectivity index (χ2v) is 10.5. The molecule has 0 radical (unpaired) electrons. The zero-order valence-corrected chi connectivity index (χ0v) is 19.1. The number of carbonyl (C=O) groups is 1. The number of nitrogens with zero attached hydrogens (tertiary/aromatic N) is 2. The monoisotopic (exact) mass is 512 g/mol. The van der Waals surface area contributed by atoms with Crippen LogP contribution >= 0.6 is 11.3 Å². The van der Waals surface area contributed by atoms with Crippen LogP contribution in [0.4, 0.5) is 13.2 Å². The molecule has 0 amide bonds. The Balaban J connectivity index is 0.000000344. The van der Waals surface area contributed by atoms with Crippen molar-refractivity contribution in [3.8, 4) is 11.1 Å². The topological polar surface area (TPSA) is 121 Å². The van der Waals surface area contributed by atoms with Crippen molar-refractivity contribution in [2.24, 2.45) is 0 Å². The third-order valence-corrected chi connectivity index (χ3v) is 7.83. The number of fused-ring (bicyclic) bond motifs is 3. The molecule has 5 rings (SSSR count). The second-order valence-electron chi connectivity index (χ2n) is 7.67. The standard InChI is InChI=1S/C19H18N4O2S2.C2HF3O2/c24-27(25,21-11-18-22-23-19(26-18)14-9-20-10-14)15-5-6-17-13(8-15)7-12-3-1-2-4-16(12)17;3-2(4,5)1(6)7/h1-6,8,14,20-21H,7,9-11H2;(H,6,7). The minimum absolute atomic E-state index is 0.164. The van der Waals surface area contributed by atoms with Gasteiger partial charge in [-0.3, -0.25) is 0 Å². The van der Waals surface area contributed by atoms with E-state index in [4.69, 9.17) is 9.90 Å². The number of nitrogens with one attached hydrogen (secondary N) is 2. The van der Waals surface area contributed by atoms with Crippen molar-refractivity contribution >= 4 is 27.3 Å². The average Bonchev–Trinajstić information content (AvgIpc) is 3.35. The first-order valence-electron chi connectivity index (χ1n) is 10.1. The minimum atomic E-state index is -5.08. The average molecular weight is 513 g/mol. The Hall–Kier alpha value is -2.87. The van der Waals surface area contributed by atoms with E-state index in [1.807, 2.05) is 18.2 Å². The van der Waals surface area contributed by atoms with Crippen LogP contribution in [-0.2, 0) is 27.8 Å². The quantitative estimate of drug-likeness (QED) is 0.376. The number of carboxylic acids is 1. The number of aromatic nitrogens is 2. The first-order valence-corrected chi connectivity index (χ1v) is 12.4. The van der Waals surface area contributed by atoms with E-state index in [0.717, 1.165) is 35.6 Å². The summed E-state index contributed by atoms with van der Waals surface area (Å²) in [5, 5.41) is 20.3. The van der Waals surface area contributed by atoms with Gasteiger partial charge in [-0.2, -0.15) is 13.2 Å². The molecule has 1 aliphatic heterocycles. The van der Waals surface area contributed by atoms with Gasteiger partial charge in [0.05, 0.1) is 11.4 Å². The van der Waals surface area contributed by atoms with Crippen molar-refractivity contribution < 1.29 is 31.5 Å². The molecular formula is C21H19F3N4O4S2. The SMILES string of the molecule is O=C(O)C(F)(F)F.O=S(=O)(NCc1nnc(C2CNC2)s1)c1ccc2c(c1)Cc1ccccc1-2. The molecule has 0 spiro atoms. The molecule has 1 aromatic heterocycles. The maximum absolute atomic E-state index is 12.7. The molecule has 0 saturated carbocycles. The molecule has 1 saturated heterocycles. The normalized spacial score (nSPS) is 15.0. The van der Waals surface area contributed by atoms with Gasteiger partial charge in [-0.25, -0.2) is 17.9 Å². The molecule has 0 bridgehead atoms. The second kappa shape index (κ2) is 9.41. The van der Waals surface area contributed by atoms with Gasteiger partial charge in [0.25, 0.3) is 0 Å². The summed E-state index contributed by atoms with van der Waals surface area (Å²) in [5.41, 5.74) is 4.60. The Morgan fingerprint density at radius 2 is 1.79 bits per heavy atom. The molecule has 2 aromatic carbocycles. The predicted octanol–water partition coefficient (Wildman–Crippen LogP) is 2.91. The first-order chi connectivity index (χ1) is 16.0. The summed E-state index contributed by atoms with van der Waals surface area (Å²) in [7, 11) is -3.59. The summed E-state index contributed by atoms with van der Waals surface area (Å²) in [6.45, 7) is 1.99. The summed E-state index contributed by atoms with van der Waals surface area (Å²) in [6.07, 6.45) is -4.32. The molecule has 3 aromatic rings. The maximum Gasteiger partial charge on any atom is 0.490 e. The molecule has 0 atom stereocenters. The van der Waals surface area contributed by atoms with Gasteiger partial charge in [-0.15, -0.1) is 10.2 Å². The molecule has 3 N–H and O–H groups in total. The highest BCUT2D eigenvalue weighted by Gasteiger charge is 2.38. The Morgan fingerprint density at radius 1 is 1.12 bits per heavy atom. The molecule has 34 heavy (non-hydrogen) atoms. The number of aliphatic carboxylic acids is 1. The highest BCUT2D eigenvalue weighted by atomic mass is 32.2. The lowest BCUT2D eigenvalue weighted by Gasteiger charge is -2.23. The van der Waals surface area contributed by atoms with E-state index in [1.165, 1.54) is 22.5 Å². The molecular weight excluding hydrogens is 493 g/mol. The van der Waals surface area contributed by atoms with E-state index in [0.29, 0.717) is 15.8 Å². The molecule has 13 heteroatoms. The molecule has 8 nitrogen and oxygen atoms in total. The predicted molar refractivity (Wildman–Crippen MR) is 118 cm³/mol. The lowest BCUT2D eigenvalue weighted by molar-refractivity contribution is -0.192. The molecule has 2 heterocycles. The van der Waals surface area contributed by atoms with Gasteiger partial charge in [0, 0.05) is 19.0 Å².